The molecule has 1 rings (SSSR count). The van der Waals surface area contributed by atoms with Crippen molar-refractivity contribution in [3.63, 3.8) is 0 Å². The molecule has 0 aromatic carbocycles. The van der Waals surface area contributed by atoms with Gasteiger partial charge in [-0.2, -0.15) is 5.10 Å². The molecule has 0 saturated heterocycles. The number of anilines is 1. The molecule has 9 heteroatoms. The molecule has 0 saturated carbocycles. The molecule has 116 valence electrons. The number of aromatic nitrogens is 2. The second kappa shape index (κ2) is 7.27. The first-order chi connectivity index (χ1) is 9.76. The number of ether oxygens (including phenoxy) is 1. The molecule has 1 aromatic heterocycles. The molecule has 0 aliphatic carbocycles. The van der Waals surface area contributed by atoms with Crippen LogP contribution in [0.25, 0.3) is 0 Å². The minimum absolute atomic E-state index is 0.215. The van der Waals surface area contributed by atoms with Gasteiger partial charge in [-0.05, 0) is 26.8 Å². The van der Waals surface area contributed by atoms with Crippen LogP contribution in [0, 0.1) is 0 Å². The number of hydrogen-bond acceptors (Lipinski definition) is 5. The summed E-state index contributed by atoms with van der Waals surface area (Å²) in [6.45, 7) is 5.72. The van der Waals surface area contributed by atoms with Gasteiger partial charge in [0.2, 0.25) is 0 Å². The van der Waals surface area contributed by atoms with Crippen LogP contribution in [-0.4, -0.2) is 41.0 Å². The molecule has 1 aromatic rings. The number of amides is 3. The number of alkyl carbamates (subject to hydrolysis) is 1. The highest BCUT2D eigenvalue weighted by atomic mass is 16.6. The second-order valence-electron chi connectivity index (χ2n) is 5.12. The Kier molecular flexibility index (Phi) is 5.70. The molecule has 0 fully saturated rings. The topological polar surface area (TPSA) is 125 Å². The first-order valence-corrected chi connectivity index (χ1v) is 6.34. The normalized spacial score (nSPS) is 10.6. The lowest BCUT2D eigenvalue weighted by Crippen LogP contribution is -2.39. The average molecular weight is 297 g/mol. The summed E-state index contributed by atoms with van der Waals surface area (Å²) in [6.07, 6.45) is -0.549. The van der Waals surface area contributed by atoms with E-state index in [2.05, 4.69) is 26.1 Å². The molecule has 1 heterocycles. The van der Waals surface area contributed by atoms with Crippen molar-refractivity contribution in [3.8, 4) is 0 Å². The van der Waals surface area contributed by atoms with Crippen molar-refractivity contribution < 1.29 is 14.3 Å². The van der Waals surface area contributed by atoms with Crippen LogP contribution in [0.2, 0.25) is 0 Å². The van der Waals surface area contributed by atoms with Crippen molar-refractivity contribution in [3.05, 3.63) is 22.5 Å². The van der Waals surface area contributed by atoms with Gasteiger partial charge in [-0.3, -0.25) is 10.1 Å². The van der Waals surface area contributed by atoms with E-state index in [1.54, 1.807) is 20.8 Å². The fourth-order valence-electron chi connectivity index (χ4n) is 1.23. The largest absolute Gasteiger partial charge is 0.444 e. The Morgan fingerprint density at radius 3 is 2.48 bits per heavy atom. The molecule has 4 N–H and O–H groups in total. The predicted molar refractivity (Wildman–Crippen MR) is 76.1 cm³/mol. The Morgan fingerprint density at radius 2 is 1.90 bits per heavy atom. The number of rotatable bonds is 4. The molecular weight excluding hydrogens is 278 g/mol. The van der Waals surface area contributed by atoms with E-state index in [9.17, 15) is 14.4 Å². The van der Waals surface area contributed by atoms with Crippen LogP contribution in [0.15, 0.2) is 16.9 Å². The van der Waals surface area contributed by atoms with Gasteiger partial charge in [0.05, 0.1) is 0 Å². The third-order valence-electron chi connectivity index (χ3n) is 2.00. The summed E-state index contributed by atoms with van der Waals surface area (Å²) in [5.74, 6) is 0.215. The van der Waals surface area contributed by atoms with Crippen molar-refractivity contribution in [2.24, 2.45) is 0 Å². The monoisotopic (exact) mass is 297 g/mol. The maximum absolute atomic E-state index is 11.5. The quantitative estimate of drug-likeness (QED) is 0.599. The number of H-pyrrole nitrogens is 1. The SMILES string of the molecule is CC(C)(C)OC(=O)NCCNC(=O)Nc1ccc(=O)[nH]n1. The highest BCUT2D eigenvalue weighted by molar-refractivity contribution is 5.88. The summed E-state index contributed by atoms with van der Waals surface area (Å²) >= 11 is 0. The van der Waals surface area contributed by atoms with Gasteiger partial charge >= 0.3 is 12.1 Å². The van der Waals surface area contributed by atoms with Gasteiger partial charge in [0.25, 0.3) is 5.56 Å². The van der Waals surface area contributed by atoms with Gasteiger partial charge < -0.3 is 15.4 Å². The summed E-state index contributed by atoms with van der Waals surface area (Å²) < 4.78 is 5.03. The summed E-state index contributed by atoms with van der Waals surface area (Å²) in [6, 6.07) is 2.12. The van der Waals surface area contributed by atoms with E-state index < -0.39 is 17.7 Å². The molecule has 0 bridgehead atoms. The number of hydrogen-bond donors (Lipinski definition) is 4. The fraction of sp³-hybridized carbons (Fsp3) is 0.500. The van der Waals surface area contributed by atoms with Crippen LogP contribution in [0.3, 0.4) is 0 Å². The number of nitrogens with zero attached hydrogens (tertiary/aromatic N) is 1. The second-order valence-corrected chi connectivity index (χ2v) is 5.12. The molecule has 0 spiro atoms. The zero-order valence-electron chi connectivity index (χ0n) is 12.1. The number of nitrogens with one attached hydrogen (secondary N) is 4. The molecule has 9 nitrogen and oxygen atoms in total. The minimum Gasteiger partial charge on any atom is -0.444 e. The lowest BCUT2D eigenvalue weighted by Gasteiger charge is -2.19. The van der Waals surface area contributed by atoms with E-state index in [0.29, 0.717) is 0 Å². The first-order valence-electron chi connectivity index (χ1n) is 6.34. The molecule has 0 aliphatic rings. The molecule has 0 atom stereocenters. The smallest absolute Gasteiger partial charge is 0.407 e. The van der Waals surface area contributed by atoms with Crippen molar-refractivity contribution in [1.29, 1.82) is 0 Å². The van der Waals surface area contributed by atoms with Crippen LogP contribution in [0.1, 0.15) is 20.8 Å². The Labute approximate surface area is 121 Å². The molecule has 0 aliphatic heterocycles. The van der Waals surface area contributed by atoms with Crippen LogP contribution in [0.4, 0.5) is 15.4 Å². The van der Waals surface area contributed by atoms with Gasteiger partial charge in [-0.15, -0.1) is 0 Å². The molecular formula is C12H19N5O4. The van der Waals surface area contributed by atoms with Crippen molar-refractivity contribution >= 4 is 17.9 Å². The van der Waals surface area contributed by atoms with E-state index in [1.165, 1.54) is 12.1 Å². The maximum atomic E-state index is 11.5. The van der Waals surface area contributed by atoms with Crippen LogP contribution >= 0.6 is 0 Å². The number of carbonyl (C=O) groups is 2. The van der Waals surface area contributed by atoms with Gasteiger partial charge in [-0.1, -0.05) is 0 Å². The van der Waals surface area contributed by atoms with Gasteiger partial charge in [0, 0.05) is 19.2 Å². The highest BCUT2D eigenvalue weighted by Gasteiger charge is 2.15. The Hall–Kier alpha value is -2.58. The zero-order chi connectivity index (χ0) is 15.9. The summed E-state index contributed by atoms with van der Waals surface area (Å²) in [5.41, 5.74) is -0.923. The van der Waals surface area contributed by atoms with E-state index in [-0.39, 0.29) is 24.5 Å². The van der Waals surface area contributed by atoms with Gasteiger partial charge in [-0.25, -0.2) is 14.7 Å². The molecule has 3 amide bonds. The number of aromatic amines is 1. The predicted octanol–water partition coefficient (Wildman–Crippen LogP) is 0.416. The van der Waals surface area contributed by atoms with Crippen molar-refractivity contribution in [1.82, 2.24) is 20.8 Å². The van der Waals surface area contributed by atoms with E-state index in [4.69, 9.17) is 4.74 Å². The Morgan fingerprint density at radius 1 is 1.24 bits per heavy atom. The summed E-state index contributed by atoms with van der Waals surface area (Å²) in [4.78, 5) is 33.6. The summed E-state index contributed by atoms with van der Waals surface area (Å²) in [5, 5.41) is 13.2. The third-order valence-corrected chi connectivity index (χ3v) is 2.00. The lowest BCUT2D eigenvalue weighted by molar-refractivity contribution is 0.0528. The van der Waals surface area contributed by atoms with Crippen LogP contribution < -0.4 is 21.5 Å². The average Bonchev–Trinajstić information content (AvgIpc) is 2.35. The molecule has 0 unspecified atom stereocenters. The highest BCUT2D eigenvalue weighted by Crippen LogP contribution is 2.05. The van der Waals surface area contributed by atoms with E-state index in [0.717, 1.165) is 0 Å². The number of carbonyl (C=O) groups excluding carboxylic acids is 2. The Bertz CT molecular complexity index is 529. The zero-order valence-corrected chi connectivity index (χ0v) is 12.1. The standard InChI is InChI=1S/C12H19N5O4/c1-12(2,3)21-11(20)14-7-6-13-10(19)15-8-4-5-9(18)17-16-8/h4-5H,6-7H2,1-3H3,(H,14,20)(H,17,18)(H2,13,15,16,19). The lowest BCUT2D eigenvalue weighted by atomic mass is 10.2. The van der Waals surface area contributed by atoms with Crippen LogP contribution in [-0.2, 0) is 4.74 Å². The number of urea groups is 1. The minimum atomic E-state index is -0.565. The first kappa shape index (κ1) is 16.5. The third kappa shape index (κ3) is 7.55. The Balaban J connectivity index is 2.20. The van der Waals surface area contributed by atoms with Gasteiger partial charge in [0.1, 0.15) is 5.60 Å². The molecule has 0 radical (unpaired) electrons. The maximum Gasteiger partial charge on any atom is 0.407 e. The van der Waals surface area contributed by atoms with Crippen LogP contribution in [0.5, 0.6) is 0 Å². The van der Waals surface area contributed by atoms with E-state index >= 15 is 0 Å². The fourth-order valence-corrected chi connectivity index (χ4v) is 1.23. The summed E-state index contributed by atoms with van der Waals surface area (Å²) in [7, 11) is 0. The van der Waals surface area contributed by atoms with Gasteiger partial charge in [0.15, 0.2) is 5.82 Å². The molecule has 21 heavy (non-hydrogen) atoms. The van der Waals surface area contributed by atoms with E-state index in [1.807, 2.05) is 0 Å². The van der Waals surface area contributed by atoms with Crippen molar-refractivity contribution in [2.45, 2.75) is 26.4 Å². The van der Waals surface area contributed by atoms with Crippen molar-refractivity contribution in [2.75, 3.05) is 18.4 Å².